The van der Waals surface area contributed by atoms with Crippen LogP contribution in [0.5, 0.6) is 0 Å². The first-order valence-electron chi connectivity index (χ1n) is 5.01. The summed E-state index contributed by atoms with van der Waals surface area (Å²) in [5.74, 6) is 0. The number of aromatic nitrogens is 1. The standard InChI is InChI=1S/C14H13N/c1-12-14(8-5-11-15-12)10-9-13-6-3-2-4-7-13/h2-11H,1H3. The molecule has 0 spiro atoms. The molecule has 1 aromatic heterocycles. The van der Waals surface area contributed by atoms with Crippen molar-refractivity contribution in [1.82, 2.24) is 4.98 Å². The van der Waals surface area contributed by atoms with Gasteiger partial charge in [-0.2, -0.15) is 0 Å². The second-order valence-corrected chi connectivity index (χ2v) is 3.42. The first-order chi connectivity index (χ1) is 7.36. The van der Waals surface area contributed by atoms with Gasteiger partial charge in [0.2, 0.25) is 0 Å². The second kappa shape index (κ2) is 4.56. The largest absolute Gasteiger partial charge is 0.261 e. The Kier molecular flexibility index (Phi) is 2.93. The van der Waals surface area contributed by atoms with E-state index in [4.69, 9.17) is 0 Å². The molecule has 74 valence electrons. The molecule has 0 aliphatic carbocycles. The molecule has 0 saturated heterocycles. The highest BCUT2D eigenvalue weighted by atomic mass is 14.7. The van der Waals surface area contributed by atoms with Gasteiger partial charge >= 0.3 is 0 Å². The van der Waals surface area contributed by atoms with Gasteiger partial charge in [-0.1, -0.05) is 48.6 Å². The van der Waals surface area contributed by atoms with Crippen LogP contribution in [0.3, 0.4) is 0 Å². The van der Waals surface area contributed by atoms with Gasteiger partial charge in [0.15, 0.2) is 0 Å². The van der Waals surface area contributed by atoms with Crippen LogP contribution in [0.25, 0.3) is 12.2 Å². The summed E-state index contributed by atoms with van der Waals surface area (Å²) in [5, 5.41) is 0. The van der Waals surface area contributed by atoms with E-state index in [2.05, 4.69) is 35.3 Å². The van der Waals surface area contributed by atoms with Crippen molar-refractivity contribution in [2.75, 3.05) is 0 Å². The summed E-state index contributed by atoms with van der Waals surface area (Å²) in [5.41, 5.74) is 3.44. The van der Waals surface area contributed by atoms with E-state index in [-0.39, 0.29) is 0 Å². The van der Waals surface area contributed by atoms with Gasteiger partial charge in [0.25, 0.3) is 0 Å². The summed E-state index contributed by atoms with van der Waals surface area (Å²) in [6.45, 7) is 2.02. The Bertz CT molecular complexity index is 458. The van der Waals surface area contributed by atoms with E-state index < -0.39 is 0 Å². The van der Waals surface area contributed by atoms with Crippen LogP contribution in [0.1, 0.15) is 16.8 Å². The van der Waals surface area contributed by atoms with E-state index in [0.29, 0.717) is 0 Å². The van der Waals surface area contributed by atoms with Crippen molar-refractivity contribution >= 4 is 12.2 Å². The van der Waals surface area contributed by atoms with Crippen molar-refractivity contribution < 1.29 is 0 Å². The fourth-order valence-electron chi connectivity index (χ4n) is 1.42. The Hall–Kier alpha value is -1.89. The van der Waals surface area contributed by atoms with E-state index >= 15 is 0 Å². The zero-order valence-electron chi connectivity index (χ0n) is 8.72. The van der Waals surface area contributed by atoms with E-state index in [1.54, 1.807) is 0 Å². The molecular weight excluding hydrogens is 182 g/mol. The van der Waals surface area contributed by atoms with Crippen molar-refractivity contribution in [3.8, 4) is 0 Å². The van der Waals surface area contributed by atoms with Gasteiger partial charge in [-0.3, -0.25) is 4.98 Å². The van der Waals surface area contributed by atoms with Gasteiger partial charge in [-0.25, -0.2) is 0 Å². The van der Waals surface area contributed by atoms with Gasteiger partial charge in [-0.15, -0.1) is 0 Å². The fourth-order valence-corrected chi connectivity index (χ4v) is 1.42. The van der Waals surface area contributed by atoms with E-state index in [9.17, 15) is 0 Å². The van der Waals surface area contributed by atoms with Gasteiger partial charge in [0.05, 0.1) is 0 Å². The SMILES string of the molecule is Cc1ncccc1C=Cc1ccccc1. The molecule has 0 amide bonds. The van der Waals surface area contributed by atoms with E-state index in [1.165, 1.54) is 11.1 Å². The number of hydrogen-bond acceptors (Lipinski definition) is 1. The number of pyridine rings is 1. The summed E-state index contributed by atoms with van der Waals surface area (Å²) in [4.78, 5) is 4.24. The Balaban J connectivity index is 2.23. The first-order valence-corrected chi connectivity index (χ1v) is 5.01. The average Bonchev–Trinajstić information content (AvgIpc) is 2.29. The molecule has 1 heteroatoms. The van der Waals surface area contributed by atoms with E-state index in [0.717, 1.165) is 5.69 Å². The Morgan fingerprint density at radius 1 is 0.933 bits per heavy atom. The third-order valence-corrected chi connectivity index (χ3v) is 2.30. The molecule has 2 rings (SSSR count). The maximum Gasteiger partial charge on any atom is 0.0444 e. The van der Waals surface area contributed by atoms with Crippen LogP contribution in [0.15, 0.2) is 48.7 Å². The lowest BCUT2D eigenvalue weighted by atomic mass is 10.1. The molecule has 15 heavy (non-hydrogen) atoms. The molecule has 0 bridgehead atoms. The highest BCUT2D eigenvalue weighted by Crippen LogP contribution is 2.09. The van der Waals surface area contributed by atoms with Gasteiger partial charge in [0.1, 0.15) is 0 Å². The Morgan fingerprint density at radius 2 is 1.73 bits per heavy atom. The molecule has 0 unspecified atom stereocenters. The van der Waals surface area contributed by atoms with Crippen LogP contribution in [0.4, 0.5) is 0 Å². The molecule has 0 radical (unpaired) electrons. The van der Waals surface area contributed by atoms with Crippen LogP contribution in [-0.2, 0) is 0 Å². The predicted molar refractivity (Wildman–Crippen MR) is 64.3 cm³/mol. The lowest BCUT2D eigenvalue weighted by molar-refractivity contribution is 1.19. The lowest BCUT2D eigenvalue weighted by Crippen LogP contribution is -1.83. The monoisotopic (exact) mass is 195 g/mol. The normalized spacial score (nSPS) is 10.7. The number of nitrogens with zero attached hydrogens (tertiary/aromatic N) is 1. The third kappa shape index (κ3) is 2.53. The minimum absolute atomic E-state index is 1.06. The molecule has 2 aromatic rings. The number of rotatable bonds is 2. The molecule has 1 nitrogen and oxygen atoms in total. The van der Waals surface area contributed by atoms with Gasteiger partial charge < -0.3 is 0 Å². The summed E-state index contributed by atoms with van der Waals surface area (Å²) in [6.07, 6.45) is 6.01. The third-order valence-electron chi connectivity index (χ3n) is 2.30. The minimum atomic E-state index is 1.06. The Labute approximate surface area is 90.1 Å². The minimum Gasteiger partial charge on any atom is -0.261 e. The van der Waals surface area contributed by atoms with E-state index in [1.807, 2.05) is 37.4 Å². The number of benzene rings is 1. The quantitative estimate of drug-likeness (QED) is 0.714. The van der Waals surface area contributed by atoms with Crippen molar-refractivity contribution in [2.24, 2.45) is 0 Å². The van der Waals surface area contributed by atoms with Gasteiger partial charge in [-0.05, 0) is 24.1 Å². The molecule has 0 aliphatic heterocycles. The van der Waals surface area contributed by atoms with Crippen LogP contribution in [0, 0.1) is 6.92 Å². The van der Waals surface area contributed by atoms with Crippen molar-refractivity contribution in [2.45, 2.75) is 6.92 Å². The van der Waals surface area contributed by atoms with Crippen molar-refractivity contribution in [1.29, 1.82) is 0 Å². The molecule has 0 fully saturated rings. The second-order valence-electron chi connectivity index (χ2n) is 3.42. The predicted octanol–water partition coefficient (Wildman–Crippen LogP) is 3.56. The van der Waals surface area contributed by atoms with Crippen molar-refractivity contribution in [3.63, 3.8) is 0 Å². The lowest BCUT2D eigenvalue weighted by Gasteiger charge is -1.97. The first kappa shape index (κ1) is 9.66. The molecule has 0 atom stereocenters. The summed E-state index contributed by atoms with van der Waals surface area (Å²) in [7, 11) is 0. The van der Waals surface area contributed by atoms with Crippen LogP contribution < -0.4 is 0 Å². The number of hydrogen-bond donors (Lipinski definition) is 0. The van der Waals surface area contributed by atoms with Crippen LogP contribution in [-0.4, -0.2) is 4.98 Å². The maximum atomic E-state index is 4.24. The smallest absolute Gasteiger partial charge is 0.0444 e. The topological polar surface area (TPSA) is 12.9 Å². The highest BCUT2D eigenvalue weighted by Gasteiger charge is 1.92. The zero-order chi connectivity index (χ0) is 10.5. The molecule has 0 saturated carbocycles. The molecule has 0 N–H and O–H groups in total. The zero-order valence-corrected chi connectivity index (χ0v) is 8.72. The summed E-state index contributed by atoms with van der Waals surface area (Å²) >= 11 is 0. The average molecular weight is 195 g/mol. The molecule has 1 heterocycles. The summed E-state index contributed by atoms with van der Waals surface area (Å²) in [6, 6.07) is 14.3. The molecule has 0 aliphatic rings. The van der Waals surface area contributed by atoms with Crippen molar-refractivity contribution in [3.05, 3.63) is 65.5 Å². The van der Waals surface area contributed by atoms with Crippen LogP contribution in [0.2, 0.25) is 0 Å². The maximum absolute atomic E-state index is 4.24. The van der Waals surface area contributed by atoms with Crippen LogP contribution >= 0.6 is 0 Å². The summed E-state index contributed by atoms with van der Waals surface area (Å²) < 4.78 is 0. The van der Waals surface area contributed by atoms with Gasteiger partial charge in [0, 0.05) is 11.9 Å². The molecular formula is C14H13N. The Morgan fingerprint density at radius 3 is 2.47 bits per heavy atom. The fraction of sp³-hybridized carbons (Fsp3) is 0.0714. The number of aryl methyl sites for hydroxylation is 1. The molecule has 1 aromatic carbocycles. The highest BCUT2D eigenvalue weighted by molar-refractivity contribution is 5.70.